The van der Waals surface area contributed by atoms with Crippen LogP contribution in [0.3, 0.4) is 0 Å². The SMILES string of the molecule is CN(C)c1ccc([C@H](N)C2CC2)c(Cl)c1. The van der Waals surface area contributed by atoms with Crippen LogP contribution in [0.4, 0.5) is 5.69 Å². The summed E-state index contributed by atoms with van der Waals surface area (Å²) < 4.78 is 0. The summed E-state index contributed by atoms with van der Waals surface area (Å²) in [5.41, 5.74) is 8.33. The molecular formula is C12H17ClN2. The van der Waals surface area contributed by atoms with E-state index >= 15 is 0 Å². The smallest absolute Gasteiger partial charge is 0.0474 e. The van der Waals surface area contributed by atoms with Crippen molar-refractivity contribution in [1.29, 1.82) is 0 Å². The second-order valence-corrected chi connectivity index (χ2v) is 4.87. The van der Waals surface area contributed by atoms with Gasteiger partial charge in [-0.2, -0.15) is 0 Å². The average molecular weight is 225 g/mol. The Morgan fingerprint density at radius 3 is 2.53 bits per heavy atom. The lowest BCUT2D eigenvalue weighted by Crippen LogP contribution is -2.14. The molecule has 0 radical (unpaired) electrons. The van der Waals surface area contributed by atoms with E-state index in [1.165, 1.54) is 12.8 Å². The van der Waals surface area contributed by atoms with Crippen LogP contribution >= 0.6 is 11.6 Å². The summed E-state index contributed by atoms with van der Waals surface area (Å²) in [7, 11) is 4.01. The second-order valence-electron chi connectivity index (χ2n) is 4.46. The molecule has 0 heterocycles. The van der Waals surface area contributed by atoms with Crippen LogP contribution in [0, 0.1) is 5.92 Å². The first-order chi connectivity index (χ1) is 7.09. The van der Waals surface area contributed by atoms with Gasteiger partial charge in [0.15, 0.2) is 0 Å². The van der Waals surface area contributed by atoms with E-state index in [4.69, 9.17) is 17.3 Å². The predicted molar refractivity (Wildman–Crippen MR) is 65.4 cm³/mol. The zero-order valence-corrected chi connectivity index (χ0v) is 9.96. The fourth-order valence-corrected chi connectivity index (χ4v) is 2.07. The average Bonchev–Trinajstić information content (AvgIpc) is 2.99. The van der Waals surface area contributed by atoms with Crippen LogP contribution in [-0.2, 0) is 0 Å². The monoisotopic (exact) mass is 224 g/mol. The number of hydrogen-bond acceptors (Lipinski definition) is 2. The van der Waals surface area contributed by atoms with Gasteiger partial charge in [0.25, 0.3) is 0 Å². The lowest BCUT2D eigenvalue weighted by atomic mass is 10.0. The largest absolute Gasteiger partial charge is 0.378 e. The van der Waals surface area contributed by atoms with Crippen molar-refractivity contribution in [2.45, 2.75) is 18.9 Å². The van der Waals surface area contributed by atoms with E-state index in [0.717, 1.165) is 16.3 Å². The van der Waals surface area contributed by atoms with Gasteiger partial charge in [-0.1, -0.05) is 17.7 Å². The van der Waals surface area contributed by atoms with E-state index in [9.17, 15) is 0 Å². The summed E-state index contributed by atoms with van der Waals surface area (Å²) in [6, 6.07) is 6.23. The maximum Gasteiger partial charge on any atom is 0.0474 e. The Kier molecular flexibility index (Phi) is 2.89. The highest BCUT2D eigenvalue weighted by molar-refractivity contribution is 6.31. The molecule has 1 aromatic rings. The molecule has 0 aromatic heterocycles. The molecule has 1 saturated carbocycles. The first kappa shape index (κ1) is 10.8. The molecule has 1 fully saturated rings. The number of benzene rings is 1. The summed E-state index contributed by atoms with van der Waals surface area (Å²) >= 11 is 6.23. The molecule has 15 heavy (non-hydrogen) atoms. The van der Waals surface area contributed by atoms with E-state index in [1.807, 2.05) is 25.1 Å². The molecule has 2 rings (SSSR count). The Morgan fingerprint density at radius 2 is 2.07 bits per heavy atom. The number of anilines is 1. The maximum atomic E-state index is 6.23. The summed E-state index contributed by atoms with van der Waals surface area (Å²) in [5, 5.41) is 0.792. The van der Waals surface area contributed by atoms with Gasteiger partial charge in [-0.05, 0) is 36.5 Å². The topological polar surface area (TPSA) is 29.3 Å². The number of hydrogen-bond donors (Lipinski definition) is 1. The highest BCUT2D eigenvalue weighted by atomic mass is 35.5. The fraction of sp³-hybridized carbons (Fsp3) is 0.500. The minimum atomic E-state index is 0.119. The Hall–Kier alpha value is -0.730. The maximum absolute atomic E-state index is 6.23. The minimum absolute atomic E-state index is 0.119. The minimum Gasteiger partial charge on any atom is -0.378 e. The number of rotatable bonds is 3. The lowest BCUT2D eigenvalue weighted by Gasteiger charge is -2.17. The molecule has 1 aromatic carbocycles. The third-order valence-corrected chi connectivity index (χ3v) is 3.32. The van der Waals surface area contributed by atoms with Crippen LogP contribution < -0.4 is 10.6 Å². The molecule has 2 nitrogen and oxygen atoms in total. The summed E-state index contributed by atoms with van der Waals surface area (Å²) in [5.74, 6) is 0.646. The van der Waals surface area contributed by atoms with Crippen LogP contribution in [0.15, 0.2) is 18.2 Å². The van der Waals surface area contributed by atoms with Crippen molar-refractivity contribution >= 4 is 17.3 Å². The van der Waals surface area contributed by atoms with Crippen LogP contribution in [0.2, 0.25) is 5.02 Å². The third-order valence-electron chi connectivity index (χ3n) is 2.99. The van der Waals surface area contributed by atoms with Crippen LogP contribution in [-0.4, -0.2) is 14.1 Å². The van der Waals surface area contributed by atoms with Crippen molar-refractivity contribution in [2.75, 3.05) is 19.0 Å². The lowest BCUT2D eigenvalue weighted by molar-refractivity contribution is 0.634. The van der Waals surface area contributed by atoms with E-state index in [2.05, 4.69) is 12.1 Å². The Morgan fingerprint density at radius 1 is 1.40 bits per heavy atom. The number of halogens is 1. The first-order valence-electron chi connectivity index (χ1n) is 5.32. The van der Waals surface area contributed by atoms with Crippen molar-refractivity contribution in [3.8, 4) is 0 Å². The van der Waals surface area contributed by atoms with Gasteiger partial charge in [-0.15, -0.1) is 0 Å². The van der Waals surface area contributed by atoms with Crippen molar-refractivity contribution in [3.05, 3.63) is 28.8 Å². The van der Waals surface area contributed by atoms with Crippen LogP contribution in [0.25, 0.3) is 0 Å². The molecule has 0 amide bonds. The number of nitrogens with zero attached hydrogens (tertiary/aromatic N) is 1. The van der Waals surface area contributed by atoms with E-state index in [0.29, 0.717) is 5.92 Å². The van der Waals surface area contributed by atoms with E-state index in [1.54, 1.807) is 0 Å². The molecule has 82 valence electrons. The summed E-state index contributed by atoms with van der Waals surface area (Å²) in [4.78, 5) is 2.04. The molecule has 0 bridgehead atoms. The predicted octanol–water partition coefficient (Wildman–Crippen LogP) is 2.82. The van der Waals surface area contributed by atoms with Crippen LogP contribution in [0.1, 0.15) is 24.4 Å². The second kappa shape index (κ2) is 4.03. The molecule has 2 N–H and O–H groups in total. The van der Waals surface area contributed by atoms with Gasteiger partial charge in [0, 0.05) is 30.8 Å². The molecular weight excluding hydrogens is 208 g/mol. The molecule has 3 heteroatoms. The molecule has 1 aliphatic carbocycles. The molecule has 0 aliphatic heterocycles. The van der Waals surface area contributed by atoms with Crippen molar-refractivity contribution in [1.82, 2.24) is 0 Å². The highest BCUT2D eigenvalue weighted by Gasteiger charge is 2.30. The van der Waals surface area contributed by atoms with Gasteiger partial charge < -0.3 is 10.6 Å². The van der Waals surface area contributed by atoms with Crippen LogP contribution in [0.5, 0.6) is 0 Å². The molecule has 0 saturated heterocycles. The van der Waals surface area contributed by atoms with Crippen molar-refractivity contribution in [3.63, 3.8) is 0 Å². The van der Waals surface area contributed by atoms with E-state index < -0.39 is 0 Å². The quantitative estimate of drug-likeness (QED) is 0.856. The fourth-order valence-electron chi connectivity index (χ4n) is 1.77. The van der Waals surface area contributed by atoms with Gasteiger partial charge in [0.2, 0.25) is 0 Å². The van der Waals surface area contributed by atoms with Crippen molar-refractivity contribution in [2.24, 2.45) is 11.7 Å². The van der Waals surface area contributed by atoms with Gasteiger partial charge in [0.05, 0.1) is 0 Å². The van der Waals surface area contributed by atoms with Gasteiger partial charge in [-0.25, -0.2) is 0 Å². The Balaban J connectivity index is 2.25. The van der Waals surface area contributed by atoms with Crippen molar-refractivity contribution < 1.29 is 0 Å². The third kappa shape index (κ3) is 2.27. The Bertz CT molecular complexity index is 359. The first-order valence-corrected chi connectivity index (χ1v) is 5.69. The zero-order valence-electron chi connectivity index (χ0n) is 9.20. The molecule has 0 spiro atoms. The molecule has 1 aliphatic rings. The Labute approximate surface area is 96.0 Å². The summed E-state index contributed by atoms with van der Waals surface area (Å²) in [6.45, 7) is 0. The van der Waals surface area contributed by atoms with Gasteiger partial charge in [0.1, 0.15) is 0 Å². The molecule has 0 unspecified atom stereocenters. The van der Waals surface area contributed by atoms with Gasteiger partial charge in [-0.3, -0.25) is 0 Å². The normalized spacial score (nSPS) is 17.6. The zero-order chi connectivity index (χ0) is 11.0. The van der Waals surface area contributed by atoms with Gasteiger partial charge >= 0.3 is 0 Å². The number of nitrogens with two attached hydrogens (primary N) is 1. The standard InChI is InChI=1S/C12H17ClN2/c1-15(2)9-5-6-10(11(13)7-9)12(14)8-3-4-8/h5-8,12H,3-4,14H2,1-2H3/t12-/m1/s1. The summed E-state index contributed by atoms with van der Waals surface area (Å²) in [6.07, 6.45) is 2.49. The van der Waals surface area contributed by atoms with E-state index in [-0.39, 0.29) is 6.04 Å². The highest BCUT2D eigenvalue weighted by Crippen LogP contribution is 2.41. The molecule has 1 atom stereocenters.